The van der Waals surface area contributed by atoms with E-state index in [0.717, 1.165) is 47.6 Å². The van der Waals surface area contributed by atoms with E-state index in [1.54, 1.807) is 7.11 Å². The highest BCUT2D eigenvalue weighted by molar-refractivity contribution is 9.10. The lowest BCUT2D eigenvalue weighted by Gasteiger charge is -2.37. The Labute approximate surface area is 210 Å². The van der Waals surface area contributed by atoms with Crippen LogP contribution in [0.2, 0.25) is 0 Å². The van der Waals surface area contributed by atoms with E-state index >= 15 is 0 Å². The van der Waals surface area contributed by atoms with Gasteiger partial charge in [0.05, 0.1) is 42.4 Å². The van der Waals surface area contributed by atoms with Crippen molar-refractivity contribution in [2.45, 2.75) is 89.5 Å². The summed E-state index contributed by atoms with van der Waals surface area (Å²) in [6.45, 7) is 4.84. The van der Waals surface area contributed by atoms with Crippen molar-refractivity contribution in [3.63, 3.8) is 0 Å². The molecule has 2 atom stereocenters. The van der Waals surface area contributed by atoms with Crippen molar-refractivity contribution in [2.24, 2.45) is 4.99 Å². The second-order valence-corrected chi connectivity index (χ2v) is 11.0. The molecule has 2 saturated carbocycles. The normalized spacial score (nSPS) is 24.0. The number of fused-ring (bicyclic) bond motifs is 5. The molecule has 1 aromatic heterocycles. The van der Waals surface area contributed by atoms with Gasteiger partial charge in [0, 0.05) is 12.6 Å². The summed E-state index contributed by atoms with van der Waals surface area (Å²) in [4.78, 5) is 15.4. The van der Waals surface area contributed by atoms with Gasteiger partial charge < -0.3 is 19.5 Å². The minimum atomic E-state index is 0.424. The Kier molecular flexibility index (Phi) is 5.95. The van der Waals surface area contributed by atoms with E-state index < -0.39 is 0 Å². The Hall–Kier alpha value is -2.22. The van der Waals surface area contributed by atoms with E-state index in [9.17, 15) is 0 Å². The molecule has 6 rings (SSSR count). The number of rotatable bonds is 6. The number of methoxy groups -OCH3 is 1. The van der Waals surface area contributed by atoms with Crippen molar-refractivity contribution in [1.29, 1.82) is 0 Å². The number of hydrogen-bond donors (Lipinski definition) is 1. The molecule has 0 amide bonds. The molecule has 2 fully saturated rings. The molecular weight excluding hydrogens is 492 g/mol. The SMILES string of the molecule is CCN1Cc2c(nc(NC3CCCCC3)n2Cc2ccc(OC)c(Br)c2)N2C1=N[C@@H]1CCC[C@@H]12. The van der Waals surface area contributed by atoms with Crippen LogP contribution in [0.3, 0.4) is 0 Å². The smallest absolute Gasteiger partial charge is 0.205 e. The van der Waals surface area contributed by atoms with Gasteiger partial charge in [0.2, 0.25) is 11.9 Å². The number of hydrogen-bond acceptors (Lipinski definition) is 6. The minimum Gasteiger partial charge on any atom is -0.496 e. The van der Waals surface area contributed by atoms with Crippen LogP contribution in [-0.2, 0) is 13.1 Å². The molecule has 7 nitrogen and oxygen atoms in total. The maximum Gasteiger partial charge on any atom is 0.205 e. The van der Waals surface area contributed by atoms with Gasteiger partial charge in [-0.25, -0.2) is 4.99 Å². The molecule has 3 heterocycles. The summed E-state index contributed by atoms with van der Waals surface area (Å²) >= 11 is 3.68. The molecule has 0 saturated heterocycles. The highest BCUT2D eigenvalue weighted by Gasteiger charge is 2.46. The number of aliphatic imine (C=N–C) groups is 1. The third-order valence-corrected chi connectivity index (χ3v) is 8.67. The molecule has 2 aliphatic carbocycles. The molecule has 34 heavy (non-hydrogen) atoms. The van der Waals surface area contributed by atoms with Crippen LogP contribution in [0, 0.1) is 0 Å². The van der Waals surface area contributed by atoms with Gasteiger partial charge in [0.25, 0.3) is 0 Å². The first-order valence-electron chi connectivity index (χ1n) is 13.0. The number of halogens is 1. The van der Waals surface area contributed by atoms with Crippen molar-refractivity contribution in [3.05, 3.63) is 33.9 Å². The number of benzene rings is 1. The quantitative estimate of drug-likeness (QED) is 0.547. The second-order valence-electron chi connectivity index (χ2n) is 10.1. The average Bonchev–Trinajstić information content (AvgIpc) is 3.53. The van der Waals surface area contributed by atoms with E-state index in [0.29, 0.717) is 18.1 Å². The Morgan fingerprint density at radius 3 is 2.74 bits per heavy atom. The largest absolute Gasteiger partial charge is 0.496 e. The zero-order valence-electron chi connectivity index (χ0n) is 20.3. The van der Waals surface area contributed by atoms with Crippen LogP contribution >= 0.6 is 15.9 Å². The molecule has 2 aromatic rings. The van der Waals surface area contributed by atoms with Gasteiger partial charge >= 0.3 is 0 Å². The average molecular weight is 528 g/mol. The predicted octanol–water partition coefficient (Wildman–Crippen LogP) is 5.38. The highest BCUT2D eigenvalue weighted by atomic mass is 79.9. The van der Waals surface area contributed by atoms with Crippen LogP contribution in [0.4, 0.5) is 11.8 Å². The summed E-state index contributed by atoms with van der Waals surface area (Å²) in [6, 6.07) is 7.77. The molecule has 4 aliphatic rings. The van der Waals surface area contributed by atoms with E-state index in [1.165, 1.54) is 62.6 Å². The molecule has 0 bridgehead atoms. The first-order valence-corrected chi connectivity index (χ1v) is 13.8. The summed E-state index contributed by atoms with van der Waals surface area (Å²) in [6.07, 6.45) is 10.1. The zero-order valence-corrected chi connectivity index (χ0v) is 21.9. The number of ether oxygens (including phenoxy) is 1. The standard InChI is InChI=1S/C26H35BrN6O/c1-3-31-16-22-24(33-21-11-7-10-20(21)29-26(31)33)30-25(28-18-8-5-4-6-9-18)32(22)15-17-12-13-23(34-2)19(27)14-17/h12-14,18,20-21H,3-11,15-16H2,1-2H3,(H,28,30)/t20-,21+/m1/s1. The number of nitrogens with one attached hydrogen (secondary N) is 1. The topological polar surface area (TPSA) is 57.9 Å². The van der Waals surface area contributed by atoms with Gasteiger partial charge in [0.1, 0.15) is 5.75 Å². The lowest BCUT2D eigenvalue weighted by Crippen LogP contribution is -2.50. The van der Waals surface area contributed by atoms with Gasteiger partial charge in [-0.3, -0.25) is 4.90 Å². The monoisotopic (exact) mass is 526 g/mol. The molecule has 0 radical (unpaired) electrons. The van der Waals surface area contributed by atoms with E-state index in [-0.39, 0.29) is 0 Å². The Morgan fingerprint density at radius 1 is 1.12 bits per heavy atom. The summed E-state index contributed by atoms with van der Waals surface area (Å²) in [5.41, 5.74) is 2.54. The lowest BCUT2D eigenvalue weighted by molar-refractivity contribution is 0.401. The highest BCUT2D eigenvalue weighted by Crippen LogP contribution is 2.42. The predicted molar refractivity (Wildman–Crippen MR) is 140 cm³/mol. The third kappa shape index (κ3) is 3.78. The number of aromatic nitrogens is 2. The van der Waals surface area contributed by atoms with Crippen molar-refractivity contribution < 1.29 is 4.74 Å². The molecule has 0 unspecified atom stereocenters. The van der Waals surface area contributed by atoms with E-state index in [2.05, 4.69) is 54.7 Å². The summed E-state index contributed by atoms with van der Waals surface area (Å²) in [5, 5.41) is 3.87. The van der Waals surface area contributed by atoms with Gasteiger partial charge in [0.15, 0.2) is 5.82 Å². The molecule has 182 valence electrons. The van der Waals surface area contributed by atoms with Gasteiger partial charge in [-0.05, 0) is 72.7 Å². The van der Waals surface area contributed by atoms with Crippen molar-refractivity contribution in [2.75, 3.05) is 23.9 Å². The van der Waals surface area contributed by atoms with Crippen LogP contribution in [-0.4, -0.2) is 52.2 Å². The van der Waals surface area contributed by atoms with Crippen molar-refractivity contribution >= 4 is 33.7 Å². The number of imidazole rings is 1. The van der Waals surface area contributed by atoms with Crippen LogP contribution < -0.4 is 15.0 Å². The van der Waals surface area contributed by atoms with Crippen molar-refractivity contribution in [1.82, 2.24) is 14.5 Å². The third-order valence-electron chi connectivity index (χ3n) is 8.05. The number of guanidine groups is 1. The van der Waals surface area contributed by atoms with E-state index in [4.69, 9.17) is 14.7 Å². The Balaban J connectivity index is 1.41. The maximum absolute atomic E-state index is 5.46. The molecule has 8 heteroatoms. The lowest BCUT2D eigenvalue weighted by atomic mass is 9.96. The van der Waals surface area contributed by atoms with Gasteiger partial charge in [-0.1, -0.05) is 25.3 Å². The number of anilines is 2. The minimum absolute atomic E-state index is 0.424. The summed E-state index contributed by atoms with van der Waals surface area (Å²) in [7, 11) is 1.71. The van der Waals surface area contributed by atoms with Crippen molar-refractivity contribution in [3.8, 4) is 5.75 Å². The molecule has 0 spiro atoms. The molecule has 2 aliphatic heterocycles. The maximum atomic E-state index is 5.46. The molecule has 1 N–H and O–H groups in total. The van der Waals surface area contributed by atoms with Gasteiger partial charge in [-0.2, -0.15) is 4.98 Å². The first-order chi connectivity index (χ1) is 16.7. The van der Waals surface area contributed by atoms with Crippen LogP contribution in [0.25, 0.3) is 0 Å². The van der Waals surface area contributed by atoms with Crippen LogP contribution in [0.5, 0.6) is 5.75 Å². The second kappa shape index (κ2) is 9.10. The molecule has 1 aromatic carbocycles. The molecular formula is C26H35BrN6O. The fraction of sp³-hybridized carbons (Fsp3) is 0.615. The van der Waals surface area contributed by atoms with Gasteiger partial charge in [-0.15, -0.1) is 0 Å². The summed E-state index contributed by atoms with van der Waals surface area (Å²) < 4.78 is 8.88. The fourth-order valence-corrected chi connectivity index (χ4v) is 6.83. The first kappa shape index (κ1) is 22.3. The van der Waals surface area contributed by atoms with Crippen LogP contribution in [0.15, 0.2) is 27.7 Å². The summed E-state index contributed by atoms with van der Waals surface area (Å²) in [5.74, 6) is 4.15. The number of nitrogens with zero attached hydrogens (tertiary/aromatic N) is 5. The van der Waals surface area contributed by atoms with E-state index in [1.807, 2.05) is 6.07 Å². The van der Waals surface area contributed by atoms with Crippen LogP contribution in [0.1, 0.15) is 69.5 Å². The fourth-order valence-electron chi connectivity index (χ4n) is 6.25. The zero-order chi connectivity index (χ0) is 23.2. The Morgan fingerprint density at radius 2 is 1.97 bits per heavy atom. The Bertz CT molecular complexity index is 1090.